The minimum Gasteiger partial charge on any atom is -0.444 e. The van der Waals surface area contributed by atoms with E-state index >= 15 is 4.39 Å². The van der Waals surface area contributed by atoms with Crippen LogP contribution in [0.1, 0.15) is 52.5 Å². The Balaban J connectivity index is 1.57. The standard InChI is InChI=1S/C26H31FN8O2/c1-5-21(32-25(36)37-26(2,3)4)22(16-7-8-16)33-24-20(27)11-17(13-28)23(34-24)31-18-12-19(15-29-14-18)35-10-6-9-30-35/h6,9-12,14-16,21-22H,5,7-8H2,1-4H3,(H,32,36)(H2,31,33,34)/t21-,22+/m0/s1. The van der Waals surface area contributed by atoms with Crippen molar-refractivity contribution in [2.24, 2.45) is 5.92 Å². The van der Waals surface area contributed by atoms with E-state index < -0.39 is 17.5 Å². The third-order valence-corrected chi connectivity index (χ3v) is 5.86. The average molecular weight is 507 g/mol. The first-order valence-electron chi connectivity index (χ1n) is 12.3. The highest BCUT2D eigenvalue weighted by molar-refractivity contribution is 5.69. The van der Waals surface area contributed by atoms with E-state index in [2.05, 4.69) is 31.0 Å². The van der Waals surface area contributed by atoms with Crippen LogP contribution in [0.5, 0.6) is 0 Å². The molecule has 1 fully saturated rings. The fourth-order valence-electron chi connectivity index (χ4n) is 4.02. The van der Waals surface area contributed by atoms with Gasteiger partial charge in [0.2, 0.25) is 0 Å². The molecular weight excluding hydrogens is 475 g/mol. The molecular formula is C26H31FN8O2. The van der Waals surface area contributed by atoms with Crippen LogP contribution in [0, 0.1) is 23.1 Å². The Labute approximate surface area is 215 Å². The van der Waals surface area contributed by atoms with Crippen molar-refractivity contribution in [3.63, 3.8) is 0 Å². The molecule has 0 aliphatic heterocycles. The fraction of sp³-hybridized carbons (Fsp3) is 0.423. The first-order chi connectivity index (χ1) is 17.7. The van der Waals surface area contributed by atoms with E-state index in [9.17, 15) is 10.1 Å². The van der Waals surface area contributed by atoms with E-state index in [1.807, 2.05) is 13.0 Å². The van der Waals surface area contributed by atoms with Crippen molar-refractivity contribution in [1.82, 2.24) is 25.1 Å². The van der Waals surface area contributed by atoms with Crippen LogP contribution in [-0.4, -0.2) is 43.5 Å². The van der Waals surface area contributed by atoms with Gasteiger partial charge >= 0.3 is 6.09 Å². The molecule has 0 unspecified atom stereocenters. The van der Waals surface area contributed by atoms with E-state index in [0.29, 0.717) is 17.8 Å². The van der Waals surface area contributed by atoms with Crippen LogP contribution in [0.4, 0.5) is 26.5 Å². The number of anilines is 3. The van der Waals surface area contributed by atoms with Crippen molar-refractivity contribution in [1.29, 1.82) is 5.26 Å². The lowest BCUT2D eigenvalue weighted by Gasteiger charge is -2.30. The number of nitriles is 1. The molecule has 4 rings (SSSR count). The predicted octanol–water partition coefficient (Wildman–Crippen LogP) is 4.91. The van der Waals surface area contributed by atoms with Crippen LogP contribution in [0.2, 0.25) is 0 Å². The molecule has 0 aromatic carbocycles. The second-order valence-corrected chi connectivity index (χ2v) is 10.0. The lowest BCUT2D eigenvalue weighted by molar-refractivity contribution is 0.0495. The molecule has 11 heteroatoms. The van der Waals surface area contributed by atoms with Crippen LogP contribution in [0.15, 0.2) is 43.0 Å². The molecule has 1 amide bonds. The zero-order chi connectivity index (χ0) is 26.6. The maximum Gasteiger partial charge on any atom is 0.407 e. The number of nitrogens with one attached hydrogen (secondary N) is 3. The number of hydrogen-bond acceptors (Lipinski definition) is 8. The number of aromatic nitrogens is 4. The summed E-state index contributed by atoms with van der Waals surface area (Å²) in [6, 6.07) is 6.17. The minimum absolute atomic E-state index is 0.000899. The molecule has 2 atom stereocenters. The van der Waals surface area contributed by atoms with Gasteiger partial charge in [0.1, 0.15) is 11.7 Å². The predicted molar refractivity (Wildman–Crippen MR) is 137 cm³/mol. The number of halogens is 1. The van der Waals surface area contributed by atoms with E-state index in [1.54, 1.807) is 62.4 Å². The Kier molecular flexibility index (Phi) is 7.57. The van der Waals surface area contributed by atoms with Gasteiger partial charge in [-0.05, 0) is 64.2 Å². The first-order valence-corrected chi connectivity index (χ1v) is 12.3. The monoisotopic (exact) mass is 506 g/mol. The summed E-state index contributed by atoms with van der Waals surface area (Å²) in [4.78, 5) is 21.1. The number of carbonyl (C=O) groups is 1. The van der Waals surface area contributed by atoms with Gasteiger partial charge in [-0.1, -0.05) is 6.92 Å². The Hall–Kier alpha value is -4.20. The third kappa shape index (κ3) is 6.73. The molecule has 3 N–H and O–H groups in total. The van der Waals surface area contributed by atoms with Crippen molar-refractivity contribution >= 4 is 23.4 Å². The molecule has 37 heavy (non-hydrogen) atoms. The molecule has 3 heterocycles. The smallest absolute Gasteiger partial charge is 0.407 e. The van der Waals surface area contributed by atoms with Crippen molar-refractivity contribution in [2.75, 3.05) is 10.6 Å². The second kappa shape index (κ2) is 10.8. The molecule has 0 spiro atoms. The lowest BCUT2D eigenvalue weighted by atomic mass is 10.0. The maximum atomic E-state index is 15.1. The lowest BCUT2D eigenvalue weighted by Crippen LogP contribution is -2.49. The number of alkyl carbamates (subject to hydrolysis) is 1. The normalized spacial score (nSPS) is 14.8. The summed E-state index contributed by atoms with van der Waals surface area (Å²) < 4.78 is 22.1. The van der Waals surface area contributed by atoms with Gasteiger partial charge in [-0.2, -0.15) is 10.4 Å². The fourth-order valence-corrected chi connectivity index (χ4v) is 4.02. The van der Waals surface area contributed by atoms with Gasteiger partial charge in [0.05, 0.1) is 41.4 Å². The number of hydrogen-bond donors (Lipinski definition) is 3. The SMILES string of the molecule is CC[C@H](NC(=O)OC(C)(C)C)[C@H](Nc1nc(Nc2cncc(-n3cccn3)c2)c(C#N)cc1F)C1CC1. The Morgan fingerprint density at radius 3 is 2.70 bits per heavy atom. The molecule has 1 aliphatic carbocycles. The zero-order valence-electron chi connectivity index (χ0n) is 21.3. The van der Waals surface area contributed by atoms with Crippen molar-refractivity contribution in [3.8, 4) is 11.8 Å². The van der Waals surface area contributed by atoms with E-state index in [-0.39, 0.29) is 35.2 Å². The molecule has 3 aromatic heterocycles. The summed E-state index contributed by atoms with van der Waals surface area (Å²) in [5.41, 5.74) is 0.693. The summed E-state index contributed by atoms with van der Waals surface area (Å²) in [6.07, 6.45) is 8.68. The summed E-state index contributed by atoms with van der Waals surface area (Å²) >= 11 is 0. The molecule has 0 bridgehead atoms. The van der Waals surface area contributed by atoms with Gasteiger partial charge in [0.25, 0.3) is 0 Å². The third-order valence-electron chi connectivity index (χ3n) is 5.86. The van der Waals surface area contributed by atoms with Gasteiger partial charge in [0, 0.05) is 12.4 Å². The van der Waals surface area contributed by atoms with Crippen molar-refractivity contribution in [3.05, 3.63) is 54.4 Å². The van der Waals surface area contributed by atoms with Crippen LogP contribution < -0.4 is 16.0 Å². The molecule has 194 valence electrons. The van der Waals surface area contributed by atoms with Crippen LogP contribution >= 0.6 is 0 Å². The molecule has 1 saturated carbocycles. The molecule has 0 saturated heterocycles. The number of nitrogens with zero attached hydrogens (tertiary/aromatic N) is 5. The summed E-state index contributed by atoms with van der Waals surface area (Å²) in [5.74, 6) is -0.209. The number of rotatable bonds is 9. The molecule has 1 aliphatic rings. The highest BCUT2D eigenvalue weighted by Gasteiger charge is 2.38. The number of carbonyl (C=O) groups excluding carboxylic acids is 1. The van der Waals surface area contributed by atoms with Crippen LogP contribution in [0.25, 0.3) is 5.69 Å². The van der Waals surface area contributed by atoms with E-state index in [4.69, 9.17) is 4.74 Å². The quantitative estimate of drug-likeness (QED) is 0.373. The second-order valence-electron chi connectivity index (χ2n) is 10.0. The van der Waals surface area contributed by atoms with Crippen LogP contribution in [-0.2, 0) is 4.74 Å². The van der Waals surface area contributed by atoms with Gasteiger partial charge < -0.3 is 20.7 Å². The van der Waals surface area contributed by atoms with Gasteiger partial charge in [0.15, 0.2) is 17.5 Å². The van der Waals surface area contributed by atoms with E-state index in [0.717, 1.165) is 18.9 Å². The Morgan fingerprint density at radius 1 is 1.30 bits per heavy atom. The highest BCUT2D eigenvalue weighted by Crippen LogP contribution is 2.37. The van der Waals surface area contributed by atoms with Gasteiger partial charge in [-0.25, -0.2) is 18.9 Å². The summed E-state index contributed by atoms with van der Waals surface area (Å²) in [5, 5.41) is 23.0. The zero-order valence-corrected chi connectivity index (χ0v) is 21.3. The summed E-state index contributed by atoms with van der Waals surface area (Å²) in [6.45, 7) is 7.35. The molecule has 10 nitrogen and oxygen atoms in total. The van der Waals surface area contributed by atoms with Crippen molar-refractivity contribution < 1.29 is 13.9 Å². The summed E-state index contributed by atoms with van der Waals surface area (Å²) in [7, 11) is 0. The number of amides is 1. The Bertz CT molecular complexity index is 1280. The number of pyridine rings is 2. The van der Waals surface area contributed by atoms with Crippen molar-refractivity contribution in [2.45, 2.75) is 64.6 Å². The molecule has 3 aromatic rings. The van der Waals surface area contributed by atoms with Crippen LogP contribution in [0.3, 0.4) is 0 Å². The Morgan fingerprint density at radius 2 is 2.08 bits per heavy atom. The van der Waals surface area contributed by atoms with Gasteiger partial charge in [-0.3, -0.25) is 4.98 Å². The number of ether oxygens (including phenoxy) is 1. The van der Waals surface area contributed by atoms with E-state index in [1.165, 1.54) is 0 Å². The van der Waals surface area contributed by atoms with Gasteiger partial charge in [-0.15, -0.1) is 0 Å². The molecule has 0 radical (unpaired) electrons. The maximum absolute atomic E-state index is 15.1. The first kappa shape index (κ1) is 25.9. The largest absolute Gasteiger partial charge is 0.444 e. The topological polar surface area (TPSA) is 130 Å². The minimum atomic E-state index is -0.650. The average Bonchev–Trinajstić information content (AvgIpc) is 3.54. The highest BCUT2D eigenvalue weighted by atomic mass is 19.1.